The predicted octanol–water partition coefficient (Wildman–Crippen LogP) is -3.70. The summed E-state index contributed by atoms with van der Waals surface area (Å²) in [7, 11) is 1.76. The molecule has 0 spiro atoms. The summed E-state index contributed by atoms with van der Waals surface area (Å²) in [5.41, 5.74) is 0. The van der Waals surface area contributed by atoms with Crippen molar-refractivity contribution < 1.29 is 19.2 Å². The van der Waals surface area contributed by atoms with Crippen molar-refractivity contribution in [3.63, 3.8) is 0 Å². The Kier molecular flexibility index (Phi) is 9.71. The van der Waals surface area contributed by atoms with Crippen molar-refractivity contribution in [2.75, 3.05) is 39.8 Å². The van der Waals surface area contributed by atoms with E-state index < -0.39 is 11.8 Å². The minimum atomic E-state index is -0.485. The third kappa shape index (κ3) is 10.7. The van der Waals surface area contributed by atoms with Crippen LogP contribution in [-0.4, -0.2) is 63.9 Å². The molecule has 5 N–H and O–H groups in total. The van der Waals surface area contributed by atoms with E-state index in [1.54, 1.807) is 7.05 Å². The highest BCUT2D eigenvalue weighted by atomic mass is 16.2. The van der Waals surface area contributed by atoms with Gasteiger partial charge in [0.1, 0.15) is 0 Å². The molecule has 0 rings (SSSR count). The molecule has 4 amide bonds. The molecule has 9 heteroatoms. The maximum absolute atomic E-state index is 11.2. The first-order chi connectivity index (χ1) is 9.10. The maximum Gasteiger partial charge on any atom is 0.239 e. The lowest BCUT2D eigenvalue weighted by molar-refractivity contribution is -0.127. The normalized spacial score (nSPS) is 9.32. The van der Waals surface area contributed by atoms with E-state index in [4.69, 9.17) is 0 Å². The summed E-state index contributed by atoms with van der Waals surface area (Å²) in [5, 5.41) is 12.2. The molecular weight excluding hydrogens is 254 g/mol. The Morgan fingerprint density at radius 2 is 1.37 bits per heavy atom. The molecule has 0 aliphatic carbocycles. The van der Waals surface area contributed by atoms with Crippen LogP contribution >= 0.6 is 0 Å². The van der Waals surface area contributed by atoms with E-state index in [1.807, 2.05) is 0 Å². The number of carbonyl (C=O) groups is 4. The Labute approximate surface area is 110 Å². The summed E-state index contributed by atoms with van der Waals surface area (Å²) in [6, 6.07) is 0. The largest absolute Gasteiger partial charge is 0.353 e. The molecule has 0 saturated heterocycles. The van der Waals surface area contributed by atoms with Crippen LogP contribution in [0, 0.1) is 0 Å². The molecule has 0 aromatic carbocycles. The van der Waals surface area contributed by atoms with Gasteiger partial charge in [-0.15, -0.1) is 0 Å². The smallest absolute Gasteiger partial charge is 0.239 e. The van der Waals surface area contributed by atoms with Crippen molar-refractivity contribution in [2.45, 2.75) is 0 Å². The molecule has 9 nitrogen and oxygen atoms in total. The number of rotatable bonds is 10. The zero-order chi connectivity index (χ0) is 14.5. The molecule has 0 heterocycles. The molecule has 0 unspecified atom stereocenters. The van der Waals surface area contributed by atoms with Crippen LogP contribution in [0.1, 0.15) is 0 Å². The Morgan fingerprint density at radius 1 is 0.842 bits per heavy atom. The summed E-state index contributed by atoms with van der Waals surface area (Å²) >= 11 is 0. The number of carbonyl (C=O) groups excluding carboxylic acids is 4. The second-order valence-electron chi connectivity index (χ2n) is 3.51. The van der Waals surface area contributed by atoms with Crippen molar-refractivity contribution in [1.29, 1.82) is 0 Å². The third-order valence-electron chi connectivity index (χ3n) is 1.94. The highest BCUT2D eigenvalue weighted by molar-refractivity contribution is 5.88. The quantitative estimate of drug-likeness (QED) is 0.207. The maximum atomic E-state index is 11.2. The van der Waals surface area contributed by atoms with E-state index in [1.165, 1.54) is 0 Å². The van der Waals surface area contributed by atoms with Gasteiger partial charge in [0.2, 0.25) is 24.1 Å². The van der Waals surface area contributed by atoms with Crippen molar-refractivity contribution in [1.82, 2.24) is 26.6 Å². The van der Waals surface area contributed by atoms with Crippen LogP contribution < -0.4 is 26.6 Å². The van der Waals surface area contributed by atoms with E-state index in [9.17, 15) is 19.2 Å². The summed E-state index contributed by atoms with van der Waals surface area (Å²) < 4.78 is 0. The molecule has 0 aromatic heterocycles. The van der Waals surface area contributed by atoms with Crippen LogP contribution in [0.25, 0.3) is 0 Å². The molecule has 108 valence electrons. The van der Waals surface area contributed by atoms with Crippen LogP contribution in [0.5, 0.6) is 0 Å². The monoisotopic (exact) mass is 273 g/mol. The second kappa shape index (κ2) is 11.0. The molecule has 0 aromatic rings. The SMILES string of the molecule is CNCCNC(=O)CNC(=O)CNC(=O)CNC=O. The van der Waals surface area contributed by atoms with Crippen LogP contribution in [0.15, 0.2) is 0 Å². The van der Waals surface area contributed by atoms with Crippen LogP contribution in [0.4, 0.5) is 0 Å². The van der Waals surface area contributed by atoms with Crippen molar-refractivity contribution in [2.24, 2.45) is 0 Å². The van der Waals surface area contributed by atoms with Crippen molar-refractivity contribution in [3.05, 3.63) is 0 Å². The summed E-state index contributed by atoms with van der Waals surface area (Å²) in [6.07, 6.45) is 0.384. The number of hydrogen-bond donors (Lipinski definition) is 5. The number of nitrogens with one attached hydrogen (secondary N) is 5. The van der Waals surface area contributed by atoms with E-state index in [0.717, 1.165) is 0 Å². The first-order valence-corrected chi connectivity index (χ1v) is 5.72. The molecule has 19 heavy (non-hydrogen) atoms. The first-order valence-electron chi connectivity index (χ1n) is 5.72. The van der Waals surface area contributed by atoms with Crippen LogP contribution in [0.2, 0.25) is 0 Å². The van der Waals surface area contributed by atoms with Gasteiger partial charge in [-0.2, -0.15) is 0 Å². The van der Waals surface area contributed by atoms with E-state index in [0.29, 0.717) is 19.5 Å². The van der Waals surface area contributed by atoms with Gasteiger partial charge in [-0.05, 0) is 7.05 Å². The second-order valence-corrected chi connectivity index (χ2v) is 3.51. The topological polar surface area (TPSA) is 128 Å². The minimum Gasteiger partial charge on any atom is -0.353 e. The van der Waals surface area contributed by atoms with Gasteiger partial charge in [-0.25, -0.2) is 0 Å². The molecule has 0 saturated carbocycles. The summed E-state index contributed by atoms with van der Waals surface area (Å²) in [5.74, 6) is -1.28. The molecule has 0 fully saturated rings. The molecule has 0 aliphatic rings. The highest BCUT2D eigenvalue weighted by Crippen LogP contribution is 1.69. The van der Waals surface area contributed by atoms with Gasteiger partial charge >= 0.3 is 0 Å². The number of likely N-dealkylation sites (N-methyl/N-ethyl adjacent to an activating group) is 1. The van der Waals surface area contributed by atoms with Gasteiger partial charge in [-0.1, -0.05) is 0 Å². The fourth-order valence-electron chi connectivity index (χ4n) is 1.01. The standard InChI is InChI=1S/C10H19N5O4/c1-11-2-3-13-9(18)5-15-10(19)6-14-8(17)4-12-7-16/h7,11H,2-6H2,1H3,(H,12,16)(H,13,18)(H,14,17)(H,15,19). The molecule has 0 radical (unpaired) electrons. The zero-order valence-electron chi connectivity index (χ0n) is 10.7. The number of amides is 4. The van der Waals surface area contributed by atoms with E-state index in [2.05, 4.69) is 26.6 Å². The Bertz CT molecular complexity index is 321. The Balaban J connectivity index is 3.60. The fraction of sp³-hybridized carbons (Fsp3) is 0.600. The van der Waals surface area contributed by atoms with Crippen molar-refractivity contribution in [3.8, 4) is 0 Å². The van der Waals surface area contributed by atoms with E-state index >= 15 is 0 Å². The number of hydrogen-bond acceptors (Lipinski definition) is 5. The molecule has 0 aliphatic heterocycles. The van der Waals surface area contributed by atoms with Crippen LogP contribution in [-0.2, 0) is 19.2 Å². The van der Waals surface area contributed by atoms with Gasteiger partial charge in [0.25, 0.3) is 0 Å². The highest BCUT2D eigenvalue weighted by Gasteiger charge is 2.06. The van der Waals surface area contributed by atoms with Gasteiger partial charge in [0, 0.05) is 13.1 Å². The average Bonchev–Trinajstić information content (AvgIpc) is 2.40. The Morgan fingerprint density at radius 3 is 1.89 bits per heavy atom. The predicted molar refractivity (Wildman–Crippen MR) is 67.0 cm³/mol. The third-order valence-corrected chi connectivity index (χ3v) is 1.94. The van der Waals surface area contributed by atoms with Crippen molar-refractivity contribution >= 4 is 24.1 Å². The van der Waals surface area contributed by atoms with Crippen LogP contribution in [0.3, 0.4) is 0 Å². The summed E-state index contributed by atoms with van der Waals surface area (Å²) in [4.78, 5) is 43.4. The minimum absolute atomic E-state index is 0.148. The van der Waals surface area contributed by atoms with Gasteiger partial charge in [0.15, 0.2) is 0 Å². The lowest BCUT2D eigenvalue weighted by Gasteiger charge is -2.07. The van der Waals surface area contributed by atoms with Gasteiger partial charge in [0.05, 0.1) is 19.6 Å². The molecule has 0 atom stereocenters. The summed E-state index contributed by atoms with van der Waals surface area (Å²) in [6.45, 7) is 0.522. The molecular formula is C10H19N5O4. The Hall–Kier alpha value is -2.16. The molecule has 0 bridgehead atoms. The van der Waals surface area contributed by atoms with Gasteiger partial charge < -0.3 is 26.6 Å². The average molecular weight is 273 g/mol. The first kappa shape index (κ1) is 16.8. The van der Waals surface area contributed by atoms with E-state index in [-0.39, 0.29) is 25.5 Å². The van der Waals surface area contributed by atoms with Gasteiger partial charge in [-0.3, -0.25) is 19.2 Å². The lowest BCUT2D eigenvalue weighted by Crippen LogP contribution is -2.44. The zero-order valence-corrected chi connectivity index (χ0v) is 10.7. The fourth-order valence-corrected chi connectivity index (χ4v) is 1.01. The lowest BCUT2D eigenvalue weighted by atomic mass is 10.4.